The molecule has 0 heterocycles. The topological polar surface area (TPSA) is 0 Å². The van der Waals surface area contributed by atoms with E-state index in [1.807, 2.05) is 0 Å². The van der Waals surface area contributed by atoms with E-state index in [1.54, 1.807) is 0 Å². The molecule has 380 valence electrons. The van der Waals surface area contributed by atoms with Crippen molar-refractivity contribution in [2.24, 2.45) is 0 Å². The Morgan fingerprint density at radius 3 is 0.0132 bits per heavy atom. The van der Waals surface area contributed by atoms with Crippen LogP contribution in [-0.2, 0) is 1410 Å². The minimum absolute atomic E-state index is 0. The van der Waals surface area contributed by atoms with Crippen LogP contribution in [0.2, 0.25) is 0 Å². The van der Waals surface area contributed by atoms with Gasteiger partial charge in [-0.15, -0.1) is 0 Å². The Balaban J connectivity index is 0. The molecular weight excluding hydrogens is 3870 g/mol. The maximum Gasteiger partial charge on any atom is 0 e. The second-order valence-electron chi connectivity index (χ2n) is 0. The summed E-state index contributed by atoms with van der Waals surface area (Å²) in [7, 11) is 0. The van der Waals surface area contributed by atoms with Crippen molar-refractivity contribution in [2.45, 2.75) is 0 Å². The van der Waals surface area contributed by atoms with Crippen LogP contribution in [0, 0.1) is 0 Å². The molecule has 0 spiro atoms. The summed E-state index contributed by atoms with van der Waals surface area (Å²) in [6.07, 6.45) is 0. The molecule has 76 heavy (non-hydrogen) atoms. The first-order chi connectivity index (χ1) is 0. The van der Waals surface area contributed by atoms with E-state index in [0.29, 0.717) is 0 Å². The molecule has 0 unspecified atom stereocenters. The van der Waals surface area contributed by atoms with Gasteiger partial charge in [-0.3, -0.25) is 0 Å². The van der Waals surface area contributed by atoms with Gasteiger partial charge >= 0.3 is 0 Å². The summed E-state index contributed by atoms with van der Waals surface area (Å²) in [4.78, 5) is 0. The molecule has 0 aromatic carbocycles. The van der Waals surface area contributed by atoms with E-state index >= 15 is 0 Å². The molecule has 0 saturated carbocycles. The van der Waals surface area contributed by atoms with Gasteiger partial charge in [0, 0.05) is 1410 Å². The molecule has 0 nitrogen and oxygen atoms in total. The summed E-state index contributed by atoms with van der Waals surface area (Å²) in [6.45, 7) is 0. The zero-order chi connectivity index (χ0) is 0. The van der Waals surface area contributed by atoms with Gasteiger partial charge in [0.05, 0.1) is 0 Å². The molecular formula is V76. The smallest absolute Gasteiger partial charge is 0 e. The summed E-state index contributed by atoms with van der Waals surface area (Å²) >= 11 is 0. The van der Waals surface area contributed by atoms with E-state index in [-0.39, 0.29) is 1410 Å². The summed E-state index contributed by atoms with van der Waals surface area (Å²) < 4.78 is 0. The fourth-order valence-electron chi connectivity index (χ4n) is 0. The Hall–Kier alpha value is 44.4. The van der Waals surface area contributed by atoms with Gasteiger partial charge in [-0.25, -0.2) is 0 Å². The van der Waals surface area contributed by atoms with Crippen LogP contribution in [-0.4, -0.2) is 0 Å². The van der Waals surface area contributed by atoms with E-state index in [2.05, 4.69) is 0 Å². The van der Waals surface area contributed by atoms with Gasteiger partial charge in [0.25, 0.3) is 0 Å². The Kier molecular flexibility index (Phi) is 9720. The van der Waals surface area contributed by atoms with E-state index in [9.17, 15) is 0 Å². The standard InChI is InChI=1S/76V. The van der Waals surface area contributed by atoms with Crippen LogP contribution < -0.4 is 0 Å². The van der Waals surface area contributed by atoms with Crippen LogP contribution >= 0.6 is 0 Å². The molecule has 0 N–H and O–H groups in total. The number of hydrogen-bond donors (Lipinski definition) is 0. The molecule has 0 amide bonds. The van der Waals surface area contributed by atoms with E-state index in [1.165, 1.54) is 0 Å². The second kappa shape index (κ2) is 849. The maximum atomic E-state index is 0. The summed E-state index contributed by atoms with van der Waals surface area (Å²) in [6, 6.07) is 0. The van der Waals surface area contributed by atoms with E-state index in [0.717, 1.165) is 0 Å². The number of hydrogen-bond acceptors (Lipinski definition) is 0. The van der Waals surface area contributed by atoms with Crippen molar-refractivity contribution in [3.8, 4) is 0 Å². The quantitative estimate of drug-likeness (QED) is 0.316. The minimum atomic E-state index is 0. The molecule has 0 saturated heterocycles. The van der Waals surface area contributed by atoms with Crippen LogP contribution in [0.4, 0.5) is 0 Å². The normalized spacial score (nSPS) is 0. The van der Waals surface area contributed by atoms with Gasteiger partial charge in [0.2, 0.25) is 0 Å². The Morgan fingerprint density at radius 1 is 0.0132 bits per heavy atom. The molecule has 0 bridgehead atoms. The first-order valence-electron chi connectivity index (χ1n) is 0. The van der Waals surface area contributed by atoms with Gasteiger partial charge in [-0.05, 0) is 0 Å². The SMILES string of the molecule is [V].[V].[V].[V].[V].[V].[V].[V].[V].[V].[V].[V].[V].[V].[V].[V].[V].[V].[V].[V].[V].[V].[V].[V].[V].[V].[V].[V].[V].[V].[V].[V].[V].[V].[V].[V].[V].[V].[V].[V].[V].[V].[V].[V].[V].[V].[V].[V].[V].[V].[V].[V].[V].[V].[V].[V].[V].[V].[V].[V].[V].[V].[V].[V].[V].[V].[V].[V].[V].[V].[V].[V].[V].[V].[V].[V]. The predicted molar refractivity (Wildman–Crippen MR) is 0 cm³/mol. The van der Waals surface area contributed by atoms with Crippen molar-refractivity contribution in [2.75, 3.05) is 0 Å². The van der Waals surface area contributed by atoms with Gasteiger partial charge < -0.3 is 0 Å². The molecule has 76 heteroatoms. The molecule has 0 atom stereocenters. The van der Waals surface area contributed by atoms with E-state index < -0.39 is 0 Å². The third kappa shape index (κ3) is 828. The third-order valence-corrected chi connectivity index (χ3v) is 0. The monoisotopic (exact) mass is 3870 g/mol. The Morgan fingerprint density at radius 2 is 0.0132 bits per heavy atom. The molecule has 0 fully saturated rings. The minimum Gasteiger partial charge on any atom is 0 e. The molecule has 0 aromatic rings. The third-order valence-electron chi connectivity index (χ3n) is 0. The van der Waals surface area contributed by atoms with Gasteiger partial charge in [-0.1, -0.05) is 0 Å². The number of rotatable bonds is 0. The zero-order valence-corrected chi connectivity index (χ0v) is 140. The van der Waals surface area contributed by atoms with Crippen molar-refractivity contribution < 1.29 is 1410 Å². The van der Waals surface area contributed by atoms with E-state index in [4.69, 9.17) is 0 Å². The molecule has 76 radical (unpaired) electrons. The first-order valence-corrected chi connectivity index (χ1v) is 0. The zero-order valence-electron chi connectivity index (χ0n) is 34.0. The van der Waals surface area contributed by atoms with Crippen LogP contribution in [0.5, 0.6) is 0 Å². The van der Waals surface area contributed by atoms with Crippen molar-refractivity contribution in [3.63, 3.8) is 0 Å². The van der Waals surface area contributed by atoms with Crippen molar-refractivity contribution in [1.29, 1.82) is 0 Å². The fraction of sp³-hybridized carbons (Fsp3) is 0. The first kappa shape index (κ1) is 870. The van der Waals surface area contributed by atoms with Gasteiger partial charge in [0.1, 0.15) is 0 Å². The fourth-order valence-corrected chi connectivity index (χ4v) is 0. The summed E-state index contributed by atoms with van der Waals surface area (Å²) in [5.41, 5.74) is 0. The predicted octanol–water partition coefficient (Wildman–Crippen LogP) is -0.190. The molecule has 0 aliphatic heterocycles. The Bertz CT molecular complexity index is 0. The average Bonchev–Trinajstić information content (AvgIpc) is 0. The van der Waals surface area contributed by atoms with Crippen LogP contribution in [0.1, 0.15) is 0 Å². The van der Waals surface area contributed by atoms with Crippen LogP contribution in [0.3, 0.4) is 0 Å². The van der Waals surface area contributed by atoms with Crippen molar-refractivity contribution in [3.05, 3.63) is 0 Å². The van der Waals surface area contributed by atoms with Crippen molar-refractivity contribution >= 4 is 0 Å². The average molecular weight is 3870 g/mol. The summed E-state index contributed by atoms with van der Waals surface area (Å²) in [5.74, 6) is 0. The second-order valence-corrected chi connectivity index (χ2v) is 0. The van der Waals surface area contributed by atoms with Gasteiger partial charge in [-0.2, -0.15) is 0 Å². The molecule has 0 aliphatic carbocycles. The molecule has 0 rings (SSSR count). The van der Waals surface area contributed by atoms with Gasteiger partial charge in [0.15, 0.2) is 0 Å². The Labute approximate surface area is 1370 Å². The van der Waals surface area contributed by atoms with Crippen molar-refractivity contribution in [1.82, 2.24) is 0 Å². The summed E-state index contributed by atoms with van der Waals surface area (Å²) in [5, 5.41) is 0. The molecule has 0 aliphatic rings. The molecule has 0 aromatic heterocycles. The maximum absolute atomic E-state index is 0. The largest absolute Gasteiger partial charge is 0 e. The van der Waals surface area contributed by atoms with Crippen LogP contribution in [0.15, 0.2) is 0 Å². The van der Waals surface area contributed by atoms with Crippen LogP contribution in [0.25, 0.3) is 0 Å².